The van der Waals surface area contributed by atoms with E-state index in [0.29, 0.717) is 17.6 Å². The number of hydrogen-bond acceptors (Lipinski definition) is 3. The fourth-order valence-electron chi connectivity index (χ4n) is 2.63. The summed E-state index contributed by atoms with van der Waals surface area (Å²) in [7, 11) is -3.48. The van der Waals surface area contributed by atoms with Gasteiger partial charge in [-0.3, -0.25) is 0 Å². The van der Waals surface area contributed by atoms with E-state index in [9.17, 15) is 8.42 Å². The highest BCUT2D eigenvalue weighted by molar-refractivity contribution is 7.86. The van der Waals surface area contributed by atoms with Gasteiger partial charge in [-0.2, -0.15) is 8.42 Å². The van der Waals surface area contributed by atoms with Gasteiger partial charge in [-0.15, -0.1) is 0 Å². The third-order valence-corrected chi connectivity index (χ3v) is 4.36. The van der Waals surface area contributed by atoms with Crippen molar-refractivity contribution in [1.82, 2.24) is 0 Å². The molecule has 0 fully saturated rings. The summed E-state index contributed by atoms with van der Waals surface area (Å²) in [6.45, 7) is 6.50. The first kappa shape index (κ1) is 19.3. The molecular weight excluding hydrogens is 332 g/mol. The number of hydrogen-bond donors (Lipinski definition) is 0. The molecule has 1 unspecified atom stereocenters. The Morgan fingerprint density at radius 3 is 2.32 bits per heavy atom. The molecule has 0 spiro atoms. The van der Waals surface area contributed by atoms with Gasteiger partial charge < -0.3 is 4.18 Å². The first-order chi connectivity index (χ1) is 11.7. The Kier molecular flexibility index (Phi) is 6.43. The van der Waals surface area contributed by atoms with Crippen LogP contribution in [0.5, 0.6) is 5.75 Å². The molecule has 25 heavy (non-hydrogen) atoms. The molecular formula is C21H26O3S. The minimum absolute atomic E-state index is 0.330. The summed E-state index contributed by atoms with van der Waals surface area (Å²) in [6, 6.07) is 15.8. The van der Waals surface area contributed by atoms with Crippen molar-refractivity contribution < 1.29 is 12.6 Å². The van der Waals surface area contributed by atoms with Gasteiger partial charge in [0.25, 0.3) is 0 Å². The quantitative estimate of drug-likeness (QED) is 0.651. The fourth-order valence-corrected chi connectivity index (χ4v) is 3.09. The molecule has 0 N–H and O–H groups in total. The van der Waals surface area contributed by atoms with Gasteiger partial charge in [-0.1, -0.05) is 69.3 Å². The van der Waals surface area contributed by atoms with Gasteiger partial charge in [0.2, 0.25) is 0 Å². The number of allylic oxidation sites excluding steroid dienone is 1. The van der Waals surface area contributed by atoms with E-state index < -0.39 is 10.1 Å². The molecule has 0 saturated heterocycles. The number of rotatable bonds is 7. The van der Waals surface area contributed by atoms with Crippen molar-refractivity contribution in [2.45, 2.75) is 33.1 Å². The molecule has 0 aliphatic heterocycles. The van der Waals surface area contributed by atoms with Crippen molar-refractivity contribution in [2.24, 2.45) is 5.92 Å². The Bertz CT molecular complexity index is 818. The van der Waals surface area contributed by atoms with Crippen molar-refractivity contribution in [2.75, 3.05) is 6.26 Å². The highest BCUT2D eigenvalue weighted by atomic mass is 32.2. The Labute approximate surface area is 151 Å². The molecule has 0 aliphatic rings. The summed E-state index contributed by atoms with van der Waals surface area (Å²) in [5.74, 6) is 1.21. The lowest BCUT2D eigenvalue weighted by Gasteiger charge is -2.13. The van der Waals surface area contributed by atoms with E-state index in [1.165, 1.54) is 11.1 Å². The molecule has 2 aromatic rings. The lowest BCUT2D eigenvalue weighted by atomic mass is 9.93. The third-order valence-electron chi connectivity index (χ3n) is 3.86. The molecule has 0 amide bonds. The van der Waals surface area contributed by atoms with Crippen LogP contribution in [0, 0.1) is 5.92 Å². The predicted octanol–water partition coefficient (Wildman–Crippen LogP) is 5.04. The van der Waals surface area contributed by atoms with Crippen molar-refractivity contribution >= 4 is 16.2 Å². The minimum atomic E-state index is -3.48. The normalized spacial score (nSPS) is 13.3. The molecule has 0 aromatic heterocycles. The van der Waals surface area contributed by atoms with Crippen molar-refractivity contribution in [3.63, 3.8) is 0 Å². The zero-order chi connectivity index (χ0) is 18.4. The fraction of sp³-hybridized carbons (Fsp3) is 0.333. The van der Waals surface area contributed by atoms with Gasteiger partial charge >= 0.3 is 10.1 Å². The van der Waals surface area contributed by atoms with E-state index in [2.05, 4.69) is 57.2 Å². The Morgan fingerprint density at radius 1 is 1.04 bits per heavy atom. The van der Waals surface area contributed by atoms with Crippen LogP contribution >= 0.6 is 0 Å². The average molecular weight is 359 g/mol. The van der Waals surface area contributed by atoms with Crippen LogP contribution in [0.15, 0.2) is 54.6 Å². The maximum atomic E-state index is 11.2. The van der Waals surface area contributed by atoms with E-state index in [1.807, 2.05) is 12.1 Å². The van der Waals surface area contributed by atoms with Crippen LogP contribution in [0.2, 0.25) is 0 Å². The lowest BCUT2D eigenvalue weighted by molar-refractivity contribution is 0.493. The van der Waals surface area contributed by atoms with Crippen molar-refractivity contribution in [3.8, 4) is 5.75 Å². The van der Waals surface area contributed by atoms with Gasteiger partial charge in [0, 0.05) is 0 Å². The summed E-state index contributed by atoms with van der Waals surface area (Å²) in [5.41, 5.74) is 3.66. The monoisotopic (exact) mass is 358 g/mol. The number of benzene rings is 2. The van der Waals surface area contributed by atoms with Crippen LogP contribution in [0.25, 0.3) is 6.08 Å². The first-order valence-corrected chi connectivity index (χ1v) is 10.3. The molecule has 0 saturated carbocycles. The second kappa shape index (κ2) is 8.34. The smallest absolute Gasteiger partial charge is 0.306 e. The van der Waals surface area contributed by atoms with E-state index in [1.54, 1.807) is 12.1 Å². The largest absolute Gasteiger partial charge is 0.383 e. The summed E-state index contributed by atoms with van der Waals surface area (Å²) in [5, 5.41) is 0. The molecule has 2 aromatic carbocycles. The Morgan fingerprint density at radius 2 is 1.72 bits per heavy atom. The van der Waals surface area contributed by atoms with E-state index in [-0.39, 0.29) is 0 Å². The van der Waals surface area contributed by atoms with Gasteiger partial charge in [-0.05, 0) is 47.1 Å². The summed E-state index contributed by atoms with van der Waals surface area (Å²) in [6.07, 6.45) is 6.33. The van der Waals surface area contributed by atoms with Crippen LogP contribution in [0.1, 0.15) is 43.4 Å². The van der Waals surface area contributed by atoms with Gasteiger partial charge in [-0.25, -0.2) is 0 Å². The van der Waals surface area contributed by atoms with Crippen LogP contribution in [-0.4, -0.2) is 14.7 Å². The second-order valence-corrected chi connectivity index (χ2v) is 8.38. The van der Waals surface area contributed by atoms with Gasteiger partial charge in [0.05, 0.1) is 6.26 Å². The maximum absolute atomic E-state index is 11.2. The zero-order valence-electron chi connectivity index (χ0n) is 15.3. The lowest BCUT2D eigenvalue weighted by Crippen LogP contribution is -2.06. The zero-order valence-corrected chi connectivity index (χ0v) is 16.1. The molecule has 0 heterocycles. The maximum Gasteiger partial charge on any atom is 0.306 e. The Hall–Kier alpha value is -2.07. The SMILES string of the molecule is CC(C)/C=C/c1cccc(CC(C)c2ccc(OS(C)(=O)=O)cc2)c1. The predicted molar refractivity (Wildman–Crippen MR) is 104 cm³/mol. The Balaban J connectivity index is 2.06. The highest BCUT2D eigenvalue weighted by Crippen LogP contribution is 2.24. The van der Waals surface area contributed by atoms with E-state index >= 15 is 0 Å². The van der Waals surface area contributed by atoms with Crippen molar-refractivity contribution in [1.29, 1.82) is 0 Å². The molecule has 0 aliphatic carbocycles. The third kappa shape index (κ3) is 6.75. The molecule has 2 rings (SSSR count). The average Bonchev–Trinajstić information content (AvgIpc) is 2.52. The van der Waals surface area contributed by atoms with Crippen LogP contribution in [0.3, 0.4) is 0 Å². The summed E-state index contributed by atoms with van der Waals surface area (Å²) < 4.78 is 27.2. The minimum Gasteiger partial charge on any atom is -0.383 e. The summed E-state index contributed by atoms with van der Waals surface area (Å²) >= 11 is 0. The molecule has 134 valence electrons. The highest BCUT2D eigenvalue weighted by Gasteiger charge is 2.09. The topological polar surface area (TPSA) is 43.4 Å². The van der Waals surface area contributed by atoms with Crippen LogP contribution < -0.4 is 4.18 Å². The molecule has 3 nitrogen and oxygen atoms in total. The standard InChI is InChI=1S/C21H26O3S/c1-16(2)8-9-18-6-5-7-19(15-18)14-17(3)20-10-12-21(13-11-20)24-25(4,22)23/h5-13,15-17H,14H2,1-4H3/b9-8+. The van der Waals surface area contributed by atoms with Crippen molar-refractivity contribution in [3.05, 3.63) is 71.3 Å². The van der Waals surface area contributed by atoms with E-state index in [0.717, 1.165) is 18.2 Å². The summed E-state index contributed by atoms with van der Waals surface area (Å²) in [4.78, 5) is 0. The molecule has 0 radical (unpaired) electrons. The second-order valence-electron chi connectivity index (χ2n) is 6.81. The molecule has 1 atom stereocenters. The van der Waals surface area contributed by atoms with Crippen LogP contribution in [-0.2, 0) is 16.5 Å². The molecule has 4 heteroatoms. The molecule has 0 bridgehead atoms. The van der Waals surface area contributed by atoms with Gasteiger partial charge in [0.1, 0.15) is 5.75 Å². The van der Waals surface area contributed by atoms with E-state index in [4.69, 9.17) is 4.18 Å². The first-order valence-electron chi connectivity index (χ1n) is 8.49. The van der Waals surface area contributed by atoms with Crippen LogP contribution in [0.4, 0.5) is 0 Å². The van der Waals surface area contributed by atoms with Gasteiger partial charge in [0.15, 0.2) is 0 Å².